The maximum absolute atomic E-state index is 12.0. The molecule has 22 heavy (non-hydrogen) atoms. The predicted octanol–water partition coefficient (Wildman–Crippen LogP) is 2.83. The Labute approximate surface area is 132 Å². The molecule has 0 atom stereocenters. The molecule has 1 aliphatic heterocycles. The Bertz CT molecular complexity index is 477. The number of morpholine rings is 1. The van der Waals surface area contributed by atoms with Crippen molar-refractivity contribution in [3.8, 4) is 0 Å². The summed E-state index contributed by atoms with van der Waals surface area (Å²) in [6.07, 6.45) is 8.64. The molecule has 2 aliphatic rings. The molecule has 3 rings (SSSR count). The first-order valence-corrected chi connectivity index (χ1v) is 8.40. The van der Waals surface area contributed by atoms with Crippen molar-refractivity contribution in [2.75, 3.05) is 36.5 Å². The van der Waals surface area contributed by atoms with E-state index in [1.54, 1.807) is 6.20 Å². The highest BCUT2D eigenvalue weighted by Crippen LogP contribution is 2.28. The average molecular weight is 303 g/mol. The quantitative estimate of drug-likeness (QED) is 0.909. The summed E-state index contributed by atoms with van der Waals surface area (Å²) in [5.74, 6) is 1.81. The van der Waals surface area contributed by atoms with Gasteiger partial charge in [0.2, 0.25) is 5.91 Å². The zero-order valence-electron chi connectivity index (χ0n) is 13.1. The van der Waals surface area contributed by atoms with E-state index in [0.717, 1.165) is 50.1 Å². The van der Waals surface area contributed by atoms with Crippen LogP contribution in [0.5, 0.6) is 0 Å². The van der Waals surface area contributed by atoms with Crippen molar-refractivity contribution < 1.29 is 9.53 Å². The number of hydrogen-bond donors (Lipinski definition) is 1. The molecule has 1 aromatic heterocycles. The lowest BCUT2D eigenvalue weighted by Gasteiger charge is -2.27. The SMILES string of the molecule is O=C(CCC1CCCC1)Nc1ccc(N2CCOCC2)nc1. The van der Waals surface area contributed by atoms with Gasteiger partial charge in [0.25, 0.3) is 0 Å². The highest BCUT2D eigenvalue weighted by atomic mass is 16.5. The molecule has 1 N–H and O–H groups in total. The van der Waals surface area contributed by atoms with Crippen LogP contribution in [0.15, 0.2) is 18.3 Å². The van der Waals surface area contributed by atoms with Gasteiger partial charge in [-0.05, 0) is 24.5 Å². The minimum atomic E-state index is 0.104. The van der Waals surface area contributed by atoms with Gasteiger partial charge in [-0.2, -0.15) is 0 Å². The Kier molecular flexibility index (Phi) is 5.27. The van der Waals surface area contributed by atoms with Gasteiger partial charge >= 0.3 is 0 Å². The molecule has 1 saturated carbocycles. The number of nitrogens with one attached hydrogen (secondary N) is 1. The van der Waals surface area contributed by atoms with E-state index in [1.807, 2.05) is 12.1 Å². The highest BCUT2D eigenvalue weighted by molar-refractivity contribution is 5.90. The fourth-order valence-corrected chi connectivity index (χ4v) is 3.30. The fraction of sp³-hybridized carbons (Fsp3) is 0.647. The molecular formula is C17H25N3O2. The lowest BCUT2D eigenvalue weighted by molar-refractivity contribution is -0.116. The molecule has 0 bridgehead atoms. The lowest BCUT2D eigenvalue weighted by atomic mass is 10.0. The Morgan fingerprint density at radius 1 is 1.27 bits per heavy atom. The average Bonchev–Trinajstić information content (AvgIpc) is 3.08. The predicted molar refractivity (Wildman–Crippen MR) is 87.1 cm³/mol. The van der Waals surface area contributed by atoms with E-state index in [9.17, 15) is 4.79 Å². The molecule has 0 spiro atoms. The summed E-state index contributed by atoms with van der Waals surface area (Å²) in [6.45, 7) is 3.25. The molecule has 2 fully saturated rings. The third-order valence-corrected chi connectivity index (χ3v) is 4.62. The molecule has 5 heteroatoms. The Morgan fingerprint density at radius 3 is 2.73 bits per heavy atom. The van der Waals surface area contributed by atoms with E-state index in [-0.39, 0.29) is 5.91 Å². The van der Waals surface area contributed by atoms with Gasteiger partial charge in [0.05, 0.1) is 25.1 Å². The van der Waals surface area contributed by atoms with Gasteiger partial charge < -0.3 is 15.0 Å². The summed E-state index contributed by atoms with van der Waals surface area (Å²) >= 11 is 0. The summed E-state index contributed by atoms with van der Waals surface area (Å²) in [5, 5.41) is 2.95. The standard InChI is InChI=1S/C17H25N3O2/c21-17(8-5-14-3-1-2-4-14)19-15-6-7-16(18-13-15)20-9-11-22-12-10-20/h6-7,13-14H,1-5,8-12H2,(H,19,21). The van der Waals surface area contributed by atoms with Crippen LogP contribution in [0.2, 0.25) is 0 Å². The maximum Gasteiger partial charge on any atom is 0.224 e. The normalized spacial score (nSPS) is 19.4. The Morgan fingerprint density at radius 2 is 2.05 bits per heavy atom. The Balaban J connectivity index is 1.46. The Hall–Kier alpha value is -1.62. The largest absolute Gasteiger partial charge is 0.378 e. The van der Waals surface area contributed by atoms with Gasteiger partial charge in [-0.25, -0.2) is 4.98 Å². The van der Waals surface area contributed by atoms with E-state index >= 15 is 0 Å². The third-order valence-electron chi connectivity index (χ3n) is 4.62. The number of aromatic nitrogens is 1. The summed E-state index contributed by atoms with van der Waals surface area (Å²) in [7, 11) is 0. The number of anilines is 2. The number of nitrogens with zero attached hydrogens (tertiary/aromatic N) is 2. The van der Waals surface area contributed by atoms with Crippen LogP contribution in [-0.4, -0.2) is 37.2 Å². The first kappa shape index (κ1) is 15.3. The van der Waals surface area contributed by atoms with Crippen molar-refractivity contribution in [2.45, 2.75) is 38.5 Å². The van der Waals surface area contributed by atoms with Crippen LogP contribution in [0.3, 0.4) is 0 Å². The van der Waals surface area contributed by atoms with Crippen LogP contribution in [0.25, 0.3) is 0 Å². The van der Waals surface area contributed by atoms with Crippen molar-refractivity contribution in [1.82, 2.24) is 4.98 Å². The first-order valence-electron chi connectivity index (χ1n) is 8.40. The van der Waals surface area contributed by atoms with E-state index in [1.165, 1.54) is 25.7 Å². The van der Waals surface area contributed by atoms with E-state index in [4.69, 9.17) is 4.74 Å². The molecule has 0 radical (unpaired) electrons. The van der Waals surface area contributed by atoms with Crippen LogP contribution in [0.4, 0.5) is 11.5 Å². The molecule has 2 heterocycles. The molecule has 1 amide bonds. The second kappa shape index (κ2) is 7.58. The summed E-state index contributed by atoms with van der Waals surface area (Å²) in [4.78, 5) is 18.6. The molecule has 1 aromatic rings. The van der Waals surface area contributed by atoms with Crippen molar-refractivity contribution in [2.24, 2.45) is 5.92 Å². The highest BCUT2D eigenvalue weighted by Gasteiger charge is 2.16. The number of pyridine rings is 1. The monoisotopic (exact) mass is 303 g/mol. The number of carbonyl (C=O) groups excluding carboxylic acids is 1. The summed E-state index contributed by atoms with van der Waals surface area (Å²) < 4.78 is 5.34. The number of amides is 1. The van der Waals surface area contributed by atoms with Gasteiger partial charge in [-0.15, -0.1) is 0 Å². The number of carbonyl (C=O) groups is 1. The van der Waals surface area contributed by atoms with E-state index in [0.29, 0.717) is 6.42 Å². The smallest absolute Gasteiger partial charge is 0.224 e. The van der Waals surface area contributed by atoms with Crippen LogP contribution >= 0.6 is 0 Å². The van der Waals surface area contributed by atoms with Gasteiger partial charge in [-0.1, -0.05) is 25.7 Å². The number of ether oxygens (including phenoxy) is 1. The van der Waals surface area contributed by atoms with Gasteiger partial charge in [0.1, 0.15) is 5.82 Å². The van der Waals surface area contributed by atoms with Gasteiger partial charge in [0, 0.05) is 19.5 Å². The molecule has 1 saturated heterocycles. The molecule has 0 aromatic carbocycles. The van der Waals surface area contributed by atoms with Gasteiger partial charge in [-0.3, -0.25) is 4.79 Å². The lowest BCUT2D eigenvalue weighted by Crippen LogP contribution is -2.36. The van der Waals surface area contributed by atoms with Crippen LogP contribution in [0.1, 0.15) is 38.5 Å². The zero-order chi connectivity index (χ0) is 15.2. The topological polar surface area (TPSA) is 54.5 Å². The molecule has 5 nitrogen and oxygen atoms in total. The van der Waals surface area contributed by atoms with Gasteiger partial charge in [0.15, 0.2) is 0 Å². The second-order valence-corrected chi connectivity index (χ2v) is 6.24. The van der Waals surface area contributed by atoms with Crippen molar-refractivity contribution in [3.05, 3.63) is 18.3 Å². The first-order chi connectivity index (χ1) is 10.8. The van der Waals surface area contributed by atoms with E-state index in [2.05, 4.69) is 15.2 Å². The minimum Gasteiger partial charge on any atom is -0.378 e. The van der Waals surface area contributed by atoms with Crippen LogP contribution < -0.4 is 10.2 Å². The maximum atomic E-state index is 12.0. The van der Waals surface area contributed by atoms with Crippen molar-refractivity contribution >= 4 is 17.4 Å². The number of hydrogen-bond acceptors (Lipinski definition) is 4. The van der Waals surface area contributed by atoms with Crippen LogP contribution in [0, 0.1) is 5.92 Å². The molecule has 120 valence electrons. The van der Waals surface area contributed by atoms with Crippen molar-refractivity contribution in [1.29, 1.82) is 0 Å². The fourth-order valence-electron chi connectivity index (χ4n) is 3.30. The molecule has 1 aliphatic carbocycles. The molecular weight excluding hydrogens is 278 g/mol. The second-order valence-electron chi connectivity index (χ2n) is 6.24. The van der Waals surface area contributed by atoms with Crippen molar-refractivity contribution in [3.63, 3.8) is 0 Å². The van der Waals surface area contributed by atoms with Crippen LogP contribution in [-0.2, 0) is 9.53 Å². The molecule has 0 unspecified atom stereocenters. The number of rotatable bonds is 5. The minimum absolute atomic E-state index is 0.104. The van der Waals surface area contributed by atoms with E-state index < -0.39 is 0 Å². The third kappa shape index (κ3) is 4.19. The summed E-state index contributed by atoms with van der Waals surface area (Å²) in [5.41, 5.74) is 0.786. The zero-order valence-corrected chi connectivity index (χ0v) is 13.1. The summed E-state index contributed by atoms with van der Waals surface area (Å²) in [6, 6.07) is 3.91.